The number of rotatable bonds is 3. The number of carbonyl (C=O) groups excluding carboxylic acids is 1. The van der Waals surface area contributed by atoms with Gasteiger partial charge in [0, 0.05) is 30.0 Å². The minimum Gasteiger partial charge on any atom is -0.490 e. The van der Waals surface area contributed by atoms with Crippen LogP contribution in [0.1, 0.15) is 52.9 Å². The van der Waals surface area contributed by atoms with Gasteiger partial charge in [0.1, 0.15) is 5.76 Å². The van der Waals surface area contributed by atoms with Crippen LogP contribution in [0.3, 0.4) is 0 Å². The number of methoxy groups -OCH3 is 1. The molecule has 0 amide bonds. The van der Waals surface area contributed by atoms with Gasteiger partial charge in [-0.2, -0.15) is 0 Å². The van der Waals surface area contributed by atoms with E-state index in [1.165, 1.54) is 7.11 Å². The Labute approximate surface area is 171 Å². The molecule has 5 heterocycles. The van der Waals surface area contributed by atoms with Crippen molar-refractivity contribution < 1.29 is 28.8 Å². The first-order valence-corrected chi connectivity index (χ1v) is 10.9. The molecule has 160 valence electrons. The number of nitrogens with zero attached hydrogens (tertiary/aromatic N) is 1. The minimum absolute atomic E-state index is 0.0528. The highest BCUT2D eigenvalue weighted by atomic mass is 16.7. The van der Waals surface area contributed by atoms with Crippen LogP contribution in [0.25, 0.3) is 0 Å². The van der Waals surface area contributed by atoms with Crippen molar-refractivity contribution in [1.82, 2.24) is 4.90 Å². The van der Waals surface area contributed by atoms with Gasteiger partial charge >= 0.3 is 5.97 Å². The van der Waals surface area contributed by atoms with E-state index in [4.69, 9.17) is 18.9 Å². The van der Waals surface area contributed by atoms with Crippen molar-refractivity contribution in [1.29, 1.82) is 0 Å². The summed E-state index contributed by atoms with van der Waals surface area (Å²) in [4.78, 5) is 14.7. The zero-order valence-corrected chi connectivity index (χ0v) is 17.6. The lowest BCUT2D eigenvalue weighted by Crippen LogP contribution is -2.58. The predicted molar refractivity (Wildman–Crippen MR) is 103 cm³/mol. The molecule has 0 radical (unpaired) electrons. The molecule has 0 aromatic rings. The van der Waals surface area contributed by atoms with E-state index >= 15 is 0 Å². The Morgan fingerprint density at radius 2 is 2.17 bits per heavy atom. The molecule has 4 fully saturated rings. The average molecular weight is 405 g/mol. The van der Waals surface area contributed by atoms with Crippen molar-refractivity contribution in [3.63, 3.8) is 0 Å². The van der Waals surface area contributed by atoms with Gasteiger partial charge in [-0.05, 0) is 39.2 Å². The van der Waals surface area contributed by atoms with E-state index in [0.29, 0.717) is 17.1 Å². The number of aliphatic hydroxyl groups excluding tert-OH is 1. The number of ether oxygens (including phenoxy) is 4. The molecule has 0 unspecified atom stereocenters. The van der Waals surface area contributed by atoms with Gasteiger partial charge in [-0.15, -0.1) is 0 Å². The molecule has 0 aliphatic carbocycles. The molecule has 5 rings (SSSR count). The van der Waals surface area contributed by atoms with Gasteiger partial charge in [0.25, 0.3) is 0 Å². The first-order chi connectivity index (χ1) is 13.9. The third-order valence-corrected chi connectivity index (χ3v) is 7.69. The second kappa shape index (κ2) is 6.72. The van der Waals surface area contributed by atoms with Crippen LogP contribution in [0.2, 0.25) is 0 Å². The number of hydrogen-bond acceptors (Lipinski definition) is 7. The summed E-state index contributed by atoms with van der Waals surface area (Å²) in [6, 6.07) is 0.391. The second-order valence-electron chi connectivity index (χ2n) is 9.08. The van der Waals surface area contributed by atoms with Crippen molar-refractivity contribution in [2.24, 2.45) is 11.8 Å². The summed E-state index contributed by atoms with van der Waals surface area (Å²) in [5, 5.41) is 10.7. The summed E-state index contributed by atoms with van der Waals surface area (Å²) in [5.74, 6) is 0.504. The standard InChI is InChI=1S/C22H31NO6/c1-5-14(24)13-7-8-15-17-16-11(2)19(18-12(3)20(26-4)21(25)27-18)29-22(16,28-15)9-6-10-23(13)17/h11,13-17,24H,5-10H2,1-4H3/b19-18-/t11-,13+,14+,15+,16+,17-,22-/m0/s1. The molecule has 29 heavy (non-hydrogen) atoms. The van der Waals surface area contributed by atoms with Crippen LogP contribution in [-0.4, -0.2) is 59.7 Å². The minimum atomic E-state index is -0.666. The van der Waals surface area contributed by atoms with E-state index in [1.54, 1.807) is 0 Å². The molecule has 0 aromatic heterocycles. The summed E-state index contributed by atoms with van der Waals surface area (Å²) in [6.45, 7) is 6.99. The second-order valence-corrected chi connectivity index (χ2v) is 9.08. The zero-order chi connectivity index (χ0) is 20.5. The molecule has 7 atom stereocenters. The monoisotopic (exact) mass is 405 g/mol. The van der Waals surface area contributed by atoms with Gasteiger partial charge in [-0.1, -0.05) is 13.8 Å². The third-order valence-electron chi connectivity index (χ3n) is 7.69. The van der Waals surface area contributed by atoms with Crippen LogP contribution < -0.4 is 0 Å². The normalized spacial score (nSPS) is 45.0. The number of piperidine rings is 1. The highest BCUT2D eigenvalue weighted by Crippen LogP contribution is 2.59. The first-order valence-electron chi connectivity index (χ1n) is 10.9. The van der Waals surface area contributed by atoms with E-state index in [-0.39, 0.29) is 41.9 Å². The lowest BCUT2D eigenvalue weighted by atomic mass is 9.77. The van der Waals surface area contributed by atoms with E-state index < -0.39 is 11.8 Å². The van der Waals surface area contributed by atoms with Crippen LogP contribution in [0.5, 0.6) is 0 Å². The third kappa shape index (κ3) is 2.56. The Hall–Kier alpha value is -1.57. The molecule has 7 nitrogen and oxygen atoms in total. The molecule has 2 bridgehead atoms. The van der Waals surface area contributed by atoms with Crippen LogP contribution >= 0.6 is 0 Å². The van der Waals surface area contributed by atoms with Crippen LogP contribution in [0.4, 0.5) is 0 Å². The maximum Gasteiger partial charge on any atom is 0.379 e. The number of cyclic esters (lactones) is 1. The summed E-state index contributed by atoms with van der Waals surface area (Å²) in [7, 11) is 1.48. The van der Waals surface area contributed by atoms with Gasteiger partial charge < -0.3 is 24.1 Å². The van der Waals surface area contributed by atoms with Crippen LogP contribution in [0, 0.1) is 11.8 Å². The highest BCUT2D eigenvalue weighted by Gasteiger charge is 2.68. The Bertz CT molecular complexity index is 790. The maximum atomic E-state index is 12.2. The molecular weight excluding hydrogens is 374 g/mol. The summed E-state index contributed by atoms with van der Waals surface area (Å²) in [5.41, 5.74) is 0.683. The van der Waals surface area contributed by atoms with Crippen molar-refractivity contribution in [3.05, 3.63) is 22.9 Å². The summed E-state index contributed by atoms with van der Waals surface area (Å²) < 4.78 is 24.0. The topological polar surface area (TPSA) is 77.5 Å². The highest BCUT2D eigenvalue weighted by molar-refractivity contribution is 5.92. The SMILES string of the molecule is CC[C@@H](O)[C@H]1CC[C@H]2O[C@]34CCCN1[C@@H]2[C@H]3[C@H](C)/C(=C1/OC(=O)C(OC)=C1C)O4. The Morgan fingerprint density at radius 1 is 1.38 bits per heavy atom. The predicted octanol–water partition coefficient (Wildman–Crippen LogP) is 2.45. The lowest BCUT2D eigenvalue weighted by Gasteiger charge is -2.46. The Morgan fingerprint density at radius 3 is 2.86 bits per heavy atom. The van der Waals surface area contributed by atoms with Gasteiger partial charge in [0.05, 0.1) is 25.2 Å². The van der Waals surface area contributed by atoms with Gasteiger partial charge in [0.2, 0.25) is 11.5 Å². The number of hydrogen-bond donors (Lipinski definition) is 1. The summed E-state index contributed by atoms with van der Waals surface area (Å²) in [6.07, 6.45) is 4.25. The van der Waals surface area contributed by atoms with Crippen LogP contribution in [0.15, 0.2) is 22.9 Å². The lowest BCUT2D eigenvalue weighted by molar-refractivity contribution is -0.212. The van der Waals surface area contributed by atoms with E-state index in [1.807, 2.05) is 13.8 Å². The van der Waals surface area contributed by atoms with E-state index in [2.05, 4.69) is 11.8 Å². The Kier molecular flexibility index (Phi) is 4.50. The summed E-state index contributed by atoms with van der Waals surface area (Å²) >= 11 is 0. The Balaban J connectivity index is 1.54. The average Bonchev–Trinajstić information content (AvgIpc) is 3.22. The smallest absolute Gasteiger partial charge is 0.379 e. The number of esters is 1. The molecule has 0 spiro atoms. The maximum absolute atomic E-state index is 12.2. The van der Waals surface area contributed by atoms with Crippen molar-refractivity contribution >= 4 is 5.97 Å². The molecule has 0 aromatic carbocycles. The fraction of sp³-hybridized carbons (Fsp3) is 0.773. The van der Waals surface area contributed by atoms with E-state index in [9.17, 15) is 9.90 Å². The van der Waals surface area contributed by atoms with Crippen molar-refractivity contribution in [2.75, 3.05) is 13.7 Å². The zero-order valence-electron chi connectivity index (χ0n) is 17.6. The van der Waals surface area contributed by atoms with Gasteiger partial charge in [-0.25, -0.2) is 4.79 Å². The fourth-order valence-corrected chi connectivity index (χ4v) is 6.46. The molecular formula is C22H31NO6. The fourth-order valence-electron chi connectivity index (χ4n) is 6.46. The van der Waals surface area contributed by atoms with Gasteiger partial charge in [0.15, 0.2) is 5.76 Å². The molecule has 4 saturated heterocycles. The molecule has 0 saturated carbocycles. The largest absolute Gasteiger partial charge is 0.490 e. The van der Waals surface area contributed by atoms with Crippen LogP contribution in [-0.2, 0) is 23.7 Å². The molecule has 5 aliphatic heterocycles. The van der Waals surface area contributed by atoms with Crippen molar-refractivity contribution in [3.8, 4) is 0 Å². The number of allylic oxidation sites excluding steroid dienone is 2. The van der Waals surface area contributed by atoms with Gasteiger partial charge in [-0.3, -0.25) is 4.90 Å². The molecule has 1 N–H and O–H groups in total. The number of aliphatic hydroxyl groups is 1. The quantitative estimate of drug-likeness (QED) is 0.723. The van der Waals surface area contributed by atoms with E-state index in [0.717, 1.165) is 38.6 Å². The first kappa shape index (κ1) is 19.4. The van der Waals surface area contributed by atoms with Crippen molar-refractivity contribution in [2.45, 2.75) is 83.0 Å². The number of carbonyl (C=O) groups is 1. The molecule has 5 aliphatic rings. The molecule has 7 heteroatoms.